The maximum atomic E-state index is 10.4. The van der Waals surface area contributed by atoms with E-state index in [2.05, 4.69) is 28.1 Å². The molecule has 0 amide bonds. The largest absolute Gasteiger partial charge is 0.303 e. The number of hydrogen-bond acceptors (Lipinski definition) is 1. The second-order valence-electron chi connectivity index (χ2n) is 3.17. The zero-order chi connectivity index (χ0) is 9.97. The molecule has 0 unspecified atom stereocenters. The normalized spacial score (nSPS) is 10.4. The molecule has 14 heavy (non-hydrogen) atoms. The van der Waals surface area contributed by atoms with Crippen LogP contribution >= 0.6 is 15.9 Å². The van der Waals surface area contributed by atoms with Crippen molar-refractivity contribution in [2.75, 3.05) is 0 Å². The fourth-order valence-electron chi connectivity index (χ4n) is 1.54. The topological polar surface area (TPSA) is 17.1 Å². The summed E-state index contributed by atoms with van der Waals surface area (Å²) in [5, 5.41) is 2.35. The van der Waals surface area contributed by atoms with Gasteiger partial charge < -0.3 is 4.79 Å². The van der Waals surface area contributed by atoms with Crippen LogP contribution in [0.3, 0.4) is 0 Å². The Morgan fingerprint density at radius 2 is 2.00 bits per heavy atom. The molecule has 0 aromatic heterocycles. The number of halogens is 1. The number of fused-ring (bicyclic) bond motifs is 1. The monoisotopic (exact) mass is 248 g/mol. The van der Waals surface area contributed by atoms with Gasteiger partial charge in [-0.2, -0.15) is 0 Å². The van der Waals surface area contributed by atoms with Crippen molar-refractivity contribution in [2.24, 2.45) is 0 Å². The van der Waals surface area contributed by atoms with Gasteiger partial charge in [-0.25, -0.2) is 0 Å². The van der Waals surface area contributed by atoms with E-state index in [1.165, 1.54) is 10.8 Å². The van der Waals surface area contributed by atoms with Crippen LogP contribution in [0.15, 0.2) is 40.9 Å². The maximum absolute atomic E-state index is 10.4. The van der Waals surface area contributed by atoms with Gasteiger partial charge in [0.25, 0.3) is 0 Å². The second-order valence-corrected chi connectivity index (χ2v) is 4.02. The van der Waals surface area contributed by atoms with E-state index in [-0.39, 0.29) is 0 Å². The highest BCUT2D eigenvalue weighted by atomic mass is 79.9. The zero-order valence-corrected chi connectivity index (χ0v) is 9.12. The van der Waals surface area contributed by atoms with Crippen molar-refractivity contribution < 1.29 is 4.79 Å². The van der Waals surface area contributed by atoms with Gasteiger partial charge >= 0.3 is 0 Å². The van der Waals surface area contributed by atoms with Gasteiger partial charge in [0.05, 0.1) is 0 Å². The number of benzene rings is 2. The van der Waals surface area contributed by atoms with Gasteiger partial charge in [-0.1, -0.05) is 46.3 Å². The molecule has 2 aromatic carbocycles. The molecule has 0 radical (unpaired) electrons. The summed E-state index contributed by atoms with van der Waals surface area (Å²) in [6.45, 7) is 0. The summed E-state index contributed by atoms with van der Waals surface area (Å²) in [6, 6.07) is 12.2. The number of rotatable bonds is 2. The van der Waals surface area contributed by atoms with E-state index < -0.39 is 0 Å². The molecule has 0 N–H and O–H groups in total. The molecule has 1 nitrogen and oxygen atoms in total. The van der Waals surface area contributed by atoms with Crippen molar-refractivity contribution in [3.05, 3.63) is 46.4 Å². The Morgan fingerprint density at radius 3 is 2.79 bits per heavy atom. The molecule has 70 valence electrons. The van der Waals surface area contributed by atoms with E-state index in [1.807, 2.05) is 24.3 Å². The van der Waals surface area contributed by atoms with Gasteiger partial charge in [0.1, 0.15) is 6.29 Å². The minimum atomic E-state index is 0.476. The van der Waals surface area contributed by atoms with Crippen LogP contribution < -0.4 is 0 Å². The van der Waals surface area contributed by atoms with E-state index in [1.54, 1.807) is 0 Å². The van der Waals surface area contributed by atoms with Crippen LogP contribution in [0.5, 0.6) is 0 Å². The molecule has 0 aliphatic heterocycles. The quantitative estimate of drug-likeness (QED) is 0.746. The second kappa shape index (κ2) is 3.93. The van der Waals surface area contributed by atoms with Crippen LogP contribution in [0.25, 0.3) is 10.8 Å². The highest BCUT2D eigenvalue weighted by Crippen LogP contribution is 2.25. The Kier molecular flexibility index (Phi) is 2.64. The molecule has 0 saturated heterocycles. The number of hydrogen-bond donors (Lipinski definition) is 0. The third kappa shape index (κ3) is 1.70. The van der Waals surface area contributed by atoms with Gasteiger partial charge in [-0.3, -0.25) is 0 Å². The molecule has 0 fully saturated rings. The lowest BCUT2D eigenvalue weighted by molar-refractivity contribution is -0.107. The molecular formula is C12H9BrO. The lowest BCUT2D eigenvalue weighted by Gasteiger charge is -2.03. The molecule has 0 saturated carbocycles. The van der Waals surface area contributed by atoms with Crippen molar-refractivity contribution in [3.63, 3.8) is 0 Å². The van der Waals surface area contributed by atoms with E-state index >= 15 is 0 Å². The van der Waals surface area contributed by atoms with Gasteiger partial charge in [0, 0.05) is 10.9 Å². The van der Waals surface area contributed by atoms with E-state index in [0.717, 1.165) is 16.3 Å². The molecule has 2 heteroatoms. The van der Waals surface area contributed by atoms with Crippen LogP contribution in [-0.4, -0.2) is 6.29 Å². The molecular weight excluding hydrogens is 240 g/mol. The first-order valence-corrected chi connectivity index (χ1v) is 5.21. The van der Waals surface area contributed by atoms with Gasteiger partial charge in [-0.15, -0.1) is 0 Å². The van der Waals surface area contributed by atoms with Crippen molar-refractivity contribution in [1.82, 2.24) is 0 Å². The van der Waals surface area contributed by atoms with E-state index in [4.69, 9.17) is 0 Å². The van der Waals surface area contributed by atoms with Crippen LogP contribution in [0.2, 0.25) is 0 Å². The highest BCUT2D eigenvalue weighted by Gasteiger charge is 2.00. The molecule has 0 spiro atoms. The van der Waals surface area contributed by atoms with Crippen molar-refractivity contribution in [1.29, 1.82) is 0 Å². The summed E-state index contributed by atoms with van der Waals surface area (Å²) in [5.41, 5.74) is 1.05. The lowest BCUT2D eigenvalue weighted by Crippen LogP contribution is -1.86. The third-order valence-electron chi connectivity index (χ3n) is 2.19. The van der Waals surface area contributed by atoms with E-state index in [0.29, 0.717) is 6.42 Å². The molecule has 0 aliphatic carbocycles. The summed E-state index contributed by atoms with van der Waals surface area (Å²) >= 11 is 3.50. The number of carbonyl (C=O) groups excluding carboxylic acids is 1. The molecule has 0 bridgehead atoms. The van der Waals surface area contributed by atoms with E-state index in [9.17, 15) is 4.79 Å². The van der Waals surface area contributed by atoms with Crippen molar-refractivity contribution in [2.45, 2.75) is 6.42 Å². The number of aldehydes is 1. The predicted molar refractivity (Wildman–Crippen MR) is 61.4 cm³/mol. The fourth-order valence-corrected chi connectivity index (χ4v) is 2.19. The summed E-state index contributed by atoms with van der Waals surface area (Å²) in [6.07, 6.45) is 1.40. The van der Waals surface area contributed by atoms with Gasteiger partial charge in [-0.05, 0) is 22.4 Å². The summed E-state index contributed by atoms with van der Waals surface area (Å²) in [7, 11) is 0. The van der Waals surface area contributed by atoms with Crippen LogP contribution in [0.4, 0.5) is 0 Å². The molecule has 2 aromatic rings. The van der Waals surface area contributed by atoms with Crippen LogP contribution in [-0.2, 0) is 11.2 Å². The number of carbonyl (C=O) groups is 1. The summed E-state index contributed by atoms with van der Waals surface area (Å²) in [4.78, 5) is 10.4. The zero-order valence-electron chi connectivity index (χ0n) is 7.53. The Balaban J connectivity index is 2.65. The summed E-state index contributed by atoms with van der Waals surface area (Å²) < 4.78 is 1.05. The summed E-state index contributed by atoms with van der Waals surface area (Å²) in [5.74, 6) is 0. The third-order valence-corrected chi connectivity index (χ3v) is 2.85. The highest BCUT2D eigenvalue weighted by molar-refractivity contribution is 9.10. The minimum absolute atomic E-state index is 0.476. The minimum Gasteiger partial charge on any atom is -0.303 e. The Morgan fingerprint density at radius 1 is 1.21 bits per heavy atom. The Hall–Kier alpha value is -1.15. The van der Waals surface area contributed by atoms with Crippen molar-refractivity contribution >= 4 is 33.0 Å². The standard InChI is InChI=1S/C12H9BrO/c13-12-8-9(5-6-14)7-10-3-1-2-4-11(10)12/h1-4,6-8H,5H2. The van der Waals surface area contributed by atoms with Gasteiger partial charge in [0.15, 0.2) is 0 Å². The maximum Gasteiger partial charge on any atom is 0.124 e. The first-order valence-electron chi connectivity index (χ1n) is 4.42. The molecule has 0 heterocycles. The molecule has 0 aliphatic rings. The first kappa shape index (κ1) is 9.41. The molecule has 0 atom stereocenters. The van der Waals surface area contributed by atoms with Crippen LogP contribution in [0.1, 0.15) is 5.56 Å². The molecule has 2 rings (SSSR count). The Labute approximate surface area is 90.9 Å². The smallest absolute Gasteiger partial charge is 0.124 e. The SMILES string of the molecule is O=CCc1cc(Br)c2ccccc2c1. The van der Waals surface area contributed by atoms with Crippen LogP contribution in [0, 0.1) is 0 Å². The fraction of sp³-hybridized carbons (Fsp3) is 0.0833. The lowest BCUT2D eigenvalue weighted by atomic mass is 10.1. The average molecular weight is 249 g/mol. The first-order chi connectivity index (χ1) is 6.81. The average Bonchev–Trinajstić information content (AvgIpc) is 2.18. The predicted octanol–water partition coefficient (Wildman–Crippen LogP) is 3.34. The van der Waals surface area contributed by atoms with Crippen molar-refractivity contribution in [3.8, 4) is 0 Å². The Bertz CT molecular complexity index is 477. The van der Waals surface area contributed by atoms with Gasteiger partial charge in [0.2, 0.25) is 0 Å².